The van der Waals surface area contributed by atoms with Gasteiger partial charge in [0.15, 0.2) is 0 Å². The zero-order valence-corrected chi connectivity index (χ0v) is 8.07. The number of hydrogen-bond donors (Lipinski definition) is 1. The predicted molar refractivity (Wildman–Crippen MR) is 52.4 cm³/mol. The van der Waals surface area contributed by atoms with Gasteiger partial charge in [-0.15, -0.1) is 0 Å². The van der Waals surface area contributed by atoms with E-state index in [1.165, 1.54) is 0 Å². The first-order valence-corrected chi connectivity index (χ1v) is 4.27. The summed E-state index contributed by atoms with van der Waals surface area (Å²) in [6, 6.07) is 8.00. The first-order chi connectivity index (χ1) is 6.61. The molecule has 1 aromatic carbocycles. The number of nitrogens with zero attached hydrogens (tertiary/aromatic N) is 1. The number of hydrogen-bond acceptors (Lipinski definition) is 2. The number of imide groups is 1. The third-order valence-corrected chi connectivity index (χ3v) is 1.97. The van der Waals surface area contributed by atoms with Gasteiger partial charge >= 0.3 is 6.03 Å². The average Bonchev–Trinajstić information content (AvgIpc) is 2.18. The van der Waals surface area contributed by atoms with Gasteiger partial charge in [-0.1, -0.05) is 30.3 Å². The highest BCUT2D eigenvalue weighted by molar-refractivity contribution is 6.29. The second kappa shape index (κ2) is 4.62. The van der Waals surface area contributed by atoms with Crippen LogP contribution in [0.25, 0.3) is 0 Å². The molecule has 1 aromatic rings. The number of rotatable bonds is 2. The minimum absolute atomic E-state index is 0.0628. The Kier molecular flexibility index (Phi) is 3.48. The predicted octanol–water partition coefficient (Wildman–Crippen LogP) is 1.29. The van der Waals surface area contributed by atoms with Crippen molar-refractivity contribution in [3.63, 3.8) is 0 Å². The number of nitrogens with two attached hydrogens (primary N) is 1. The molecular weight excluding hydrogens is 204 g/mol. The Balaban J connectivity index is 2.62. The lowest BCUT2D eigenvalue weighted by Gasteiger charge is -2.08. The summed E-state index contributed by atoms with van der Waals surface area (Å²) < 4.78 is 0.382. The standard InChI is InChI=1S/C9H9ClN2O2/c10-12(9(11)14)8(13)6-7-4-2-1-3-5-7/h1-5H,6H2,(H2,11,14). The van der Waals surface area contributed by atoms with Gasteiger partial charge in [0.2, 0.25) is 5.91 Å². The third-order valence-electron chi connectivity index (χ3n) is 1.61. The molecule has 0 atom stereocenters. The summed E-state index contributed by atoms with van der Waals surface area (Å²) >= 11 is 5.33. The van der Waals surface area contributed by atoms with E-state index in [4.69, 9.17) is 17.5 Å². The quantitative estimate of drug-likeness (QED) is 0.751. The maximum Gasteiger partial charge on any atom is 0.336 e. The highest BCUT2D eigenvalue weighted by Crippen LogP contribution is 2.04. The Bertz CT molecular complexity index is 340. The minimum atomic E-state index is -0.965. The van der Waals surface area contributed by atoms with Crippen LogP contribution in [0.1, 0.15) is 5.56 Å². The molecule has 1 rings (SSSR count). The summed E-state index contributed by atoms with van der Waals surface area (Å²) in [5.41, 5.74) is 5.61. The maximum atomic E-state index is 11.2. The van der Waals surface area contributed by atoms with E-state index in [1.54, 1.807) is 24.3 Å². The fraction of sp³-hybridized carbons (Fsp3) is 0.111. The third kappa shape index (κ3) is 2.74. The van der Waals surface area contributed by atoms with Crippen LogP contribution in [0.4, 0.5) is 4.79 Å². The lowest BCUT2D eigenvalue weighted by molar-refractivity contribution is -0.123. The topological polar surface area (TPSA) is 63.4 Å². The van der Waals surface area contributed by atoms with E-state index in [0.717, 1.165) is 5.56 Å². The first-order valence-electron chi connectivity index (χ1n) is 3.93. The Morgan fingerprint density at radius 3 is 2.36 bits per heavy atom. The van der Waals surface area contributed by atoms with Crippen LogP contribution >= 0.6 is 11.8 Å². The number of carbonyl (C=O) groups excluding carboxylic acids is 2. The van der Waals surface area contributed by atoms with E-state index in [9.17, 15) is 9.59 Å². The van der Waals surface area contributed by atoms with Crippen LogP contribution in [-0.4, -0.2) is 16.4 Å². The molecule has 74 valence electrons. The molecule has 3 amide bonds. The lowest BCUT2D eigenvalue weighted by Crippen LogP contribution is -2.34. The molecule has 0 unspecified atom stereocenters. The molecule has 14 heavy (non-hydrogen) atoms. The molecule has 5 heteroatoms. The minimum Gasteiger partial charge on any atom is -0.350 e. The molecule has 0 saturated heterocycles. The molecular formula is C9H9ClN2O2. The molecule has 0 radical (unpaired) electrons. The highest BCUT2D eigenvalue weighted by Gasteiger charge is 2.16. The van der Waals surface area contributed by atoms with Gasteiger partial charge in [0, 0.05) is 11.8 Å². The van der Waals surface area contributed by atoms with Crippen molar-refractivity contribution < 1.29 is 9.59 Å². The van der Waals surface area contributed by atoms with Gasteiger partial charge in [0.05, 0.1) is 6.42 Å². The molecule has 0 saturated carbocycles. The molecule has 0 spiro atoms. The van der Waals surface area contributed by atoms with Crippen molar-refractivity contribution in [3.8, 4) is 0 Å². The van der Waals surface area contributed by atoms with E-state index < -0.39 is 11.9 Å². The SMILES string of the molecule is NC(=O)N(Cl)C(=O)Cc1ccccc1. The van der Waals surface area contributed by atoms with E-state index in [1.807, 2.05) is 6.07 Å². The monoisotopic (exact) mass is 212 g/mol. The van der Waals surface area contributed by atoms with Gasteiger partial charge in [-0.05, 0) is 5.56 Å². The summed E-state index contributed by atoms with van der Waals surface area (Å²) in [5.74, 6) is -0.537. The Labute approximate surface area is 86.4 Å². The van der Waals surface area contributed by atoms with Crippen LogP contribution in [0, 0.1) is 0 Å². The molecule has 2 N–H and O–H groups in total. The van der Waals surface area contributed by atoms with Crippen molar-refractivity contribution in [3.05, 3.63) is 35.9 Å². The summed E-state index contributed by atoms with van der Waals surface area (Å²) in [5, 5.41) is 0. The Morgan fingerprint density at radius 2 is 1.86 bits per heavy atom. The molecule has 0 aliphatic carbocycles. The van der Waals surface area contributed by atoms with E-state index >= 15 is 0 Å². The smallest absolute Gasteiger partial charge is 0.336 e. The molecule has 0 aliphatic heterocycles. The van der Waals surface area contributed by atoms with Crippen molar-refractivity contribution in [1.82, 2.24) is 4.42 Å². The second-order valence-electron chi connectivity index (χ2n) is 2.68. The number of halogens is 1. The first kappa shape index (κ1) is 10.5. The fourth-order valence-corrected chi connectivity index (χ4v) is 1.02. The summed E-state index contributed by atoms with van der Waals surface area (Å²) in [7, 11) is 0. The molecule has 4 nitrogen and oxygen atoms in total. The zero-order chi connectivity index (χ0) is 10.6. The van der Waals surface area contributed by atoms with Crippen molar-refractivity contribution >= 4 is 23.7 Å². The van der Waals surface area contributed by atoms with Crippen molar-refractivity contribution in [2.45, 2.75) is 6.42 Å². The van der Waals surface area contributed by atoms with Crippen molar-refractivity contribution in [2.75, 3.05) is 0 Å². The molecule has 0 fully saturated rings. The summed E-state index contributed by atoms with van der Waals surface area (Å²) in [4.78, 5) is 21.8. The largest absolute Gasteiger partial charge is 0.350 e. The molecule has 0 bridgehead atoms. The van der Waals surface area contributed by atoms with Crippen LogP contribution in [0.5, 0.6) is 0 Å². The normalized spacial score (nSPS) is 9.50. The van der Waals surface area contributed by atoms with Crippen LogP contribution < -0.4 is 5.73 Å². The van der Waals surface area contributed by atoms with Gasteiger partial charge in [0.25, 0.3) is 0 Å². The summed E-state index contributed by atoms with van der Waals surface area (Å²) in [6.07, 6.45) is 0.0628. The van der Waals surface area contributed by atoms with Gasteiger partial charge < -0.3 is 5.73 Å². The molecule has 0 aliphatic rings. The highest BCUT2D eigenvalue weighted by atomic mass is 35.5. The van der Waals surface area contributed by atoms with Gasteiger partial charge in [-0.25, -0.2) is 4.79 Å². The van der Waals surface area contributed by atoms with Crippen LogP contribution in [0.3, 0.4) is 0 Å². The number of carbonyl (C=O) groups is 2. The number of primary amides is 1. The van der Waals surface area contributed by atoms with Gasteiger partial charge in [-0.3, -0.25) is 4.79 Å². The van der Waals surface area contributed by atoms with Crippen molar-refractivity contribution in [1.29, 1.82) is 0 Å². The average molecular weight is 213 g/mol. The molecule has 0 aromatic heterocycles. The zero-order valence-electron chi connectivity index (χ0n) is 7.31. The molecule has 0 heterocycles. The maximum absolute atomic E-state index is 11.2. The van der Waals surface area contributed by atoms with Crippen molar-refractivity contribution in [2.24, 2.45) is 5.73 Å². The van der Waals surface area contributed by atoms with E-state index in [-0.39, 0.29) is 6.42 Å². The van der Waals surface area contributed by atoms with Gasteiger partial charge in [0.1, 0.15) is 0 Å². The van der Waals surface area contributed by atoms with E-state index in [0.29, 0.717) is 4.42 Å². The van der Waals surface area contributed by atoms with Gasteiger partial charge in [-0.2, -0.15) is 4.42 Å². The van der Waals surface area contributed by atoms with Crippen LogP contribution in [0.15, 0.2) is 30.3 Å². The fourth-order valence-electron chi connectivity index (χ4n) is 0.963. The van der Waals surface area contributed by atoms with Crippen LogP contribution in [0.2, 0.25) is 0 Å². The Morgan fingerprint density at radius 1 is 1.29 bits per heavy atom. The number of amides is 3. The van der Waals surface area contributed by atoms with Crippen LogP contribution in [-0.2, 0) is 11.2 Å². The summed E-state index contributed by atoms with van der Waals surface area (Å²) in [6.45, 7) is 0. The lowest BCUT2D eigenvalue weighted by atomic mass is 10.1. The number of benzene rings is 1. The number of urea groups is 1. The second-order valence-corrected chi connectivity index (χ2v) is 3.01. The Hall–Kier alpha value is -1.55. The van der Waals surface area contributed by atoms with E-state index in [2.05, 4.69) is 0 Å².